The van der Waals surface area contributed by atoms with Crippen molar-refractivity contribution in [3.8, 4) is 0 Å². The topological polar surface area (TPSA) is 21.6 Å². The fourth-order valence-electron chi connectivity index (χ4n) is 3.16. The maximum Gasteiger partial charge on any atom is 0.416 e. The number of aliphatic imine (C=N–C) groups is 1. The van der Waals surface area contributed by atoms with E-state index in [-0.39, 0.29) is 31.7 Å². The molecule has 0 radical (unpaired) electrons. The van der Waals surface area contributed by atoms with E-state index in [1.54, 1.807) is 6.92 Å². The first-order valence-corrected chi connectivity index (χ1v) is 10.4. The summed E-state index contributed by atoms with van der Waals surface area (Å²) >= 11 is 0. The molecule has 0 amide bonds. The molecular weight excluding hydrogens is 427 g/mol. The van der Waals surface area contributed by atoms with E-state index >= 15 is 0 Å². The Kier molecular flexibility index (Phi) is 6.46. The quantitative estimate of drug-likeness (QED) is 0.387. The second-order valence-electron chi connectivity index (χ2n) is 7.08. The van der Waals surface area contributed by atoms with Crippen LogP contribution in [0.15, 0.2) is 47.5 Å². The third-order valence-electron chi connectivity index (χ3n) is 4.75. The lowest BCUT2D eigenvalue weighted by molar-refractivity contribution is -0.138. The van der Waals surface area contributed by atoms with E-state index in [4.69, 9.17) is 4.74 Å². The normalized spacial score (nSPS) is 18.5. The molecule has 30 heavy (non-hydrogen) atoms. The molecule has 0 bridgehead atoms. The lowest BCUT2D eigenvalue weighted by Crippen LogP contribution is -2.17. The first-order chi connectivity index (χ1) is 14.0. The summed E-state index contributed by atoms with van der Waals surface area (Å²) in [7, 11) is 0.0444. The van der Waals surface area contributed by atoms with Gasteiger partial charge in [0.05, 0.1) is 17.2 Å². The average molecular weight is 447 g/mol. The Bertz CT molecular complexity index is 921. The van der Waals surface area contributed by atoms with Crippen molar-refractivity contribution in [1.29, 1.82) is 0 Å². The summed E-state index contributed by atoms with van der Waals surface area (Å²) in [4.78, 5) is 4.29. The van der Waals surface area contributed by atoms with Crippen LogP contribution in [0.25, 0.3) is 0 Å². The molecule has 0 fully saturated rings. The van der Waals surface area contributed by atoms with Gasteiger partial charge in [-0.15, -0.1) is 0 Å². The first-order valence-electron chi connectivity index (χ1n) is 9.35. The summed E-state index contributed by atoms with van der Waals surface area (Å²) < 4.78 is 83.6. The van der Waals surface area contributed by atoms with Crippen LogP contribution in [0.2, 0.25) is 0 Å². The summed E-state index contributed by atoms with van der Waals surface area (Å²) in [5, 5.41) is 0.641. The maximum atomic E-state index is 13.2. The van der Waals surface area contributed by atoms with Gasteiger partial charge >= 0.3 is 12.4 Å². The monoisotopic (exact) mass is 447 g/mol. The Hall–Kier alpha value is -2.08. The molecule has 0 spiro atoms. The Labute approximate surface area is 172 Å². The molecule has 1 aliphatic heterocycles. The maximum absolute atomic E-state index is 13.2. The molecule has 2 unspecified atom stereocenters. The van der Waals surface area contributed by atoms with Gasteiger partial charge in [0, 0.05) is 11.2 Å². The zero-order valence-electron chi connectivity index (χ0n) is 16.2. The van der Waals surface area contributed by atoms with Crippen LogP contribution in [0.1, 0.15) is 48.2 Å². The number of nitrogens with zero attached hydrogens (tertiary/aromatic N) is 1. The second-order valence-corrected chi connectivity index (χ2v) is 8.60. The van der Waals surface area contributed by atoms with Crippen LogP contribution in [-0.4, -0.2) is 18.5 Å². The highest BCUT2D eigenvalue weighted by molar-refractivity contribution is 7.47. The standard InChI is InChI=1S/C21H20F6NOP/c1-3-17(13-4-6-14(7-5-13)20(22,23)24)30-18-9-8-15(21(25,26)27)10-16(18)19-28-12(2)11-29-19/h4-10,12,17,30H,3,11H2,1-2H3/t12-,17?/m0/s1. The minimum Gasteiger partial charge on any atom is -0.475 e. The summed E-state index contributed by atoms with van der Waals surface area (Å²) in [6, 6.07) is 8.24. The number of ether oxygens (including phenoxy) is 1. The van der Waals surface area contributed by atoms with Crippen molar-refractivity contribution in [1.82, 2.24) is 0 Å². The molecule has 0 N–H and O–H groups in total. The molecule has 2 aromatic carbocycles. The van der Waals surface area contributed by atoms with Gasteiger partial charge in [0.2, 0.25) is 5.90 Å². The average Bonchev–Trinajstić information content (AvgIpc) is 3.11. The molecule has 0 saturated heterocycles. The van der Waals surface area contributed by atoms with Crippen LogP contribution in [0, 0.1) is 0 Å². The second kappa shape index (κ2) is 8.58. The minimum absolute atomic E-state index is 0.0444. The molecule has 3 rings (SSSR count). The summed E-state index contributed by atoms with van der Waals surface area (Å²) in [6.07, 6.45) is -8.30. The van der Waals surface area contributed by atoms with Gasteiger partial charge in [-0.3, -0.25) is 0 Å². The highest BCUT2D eigenvalue weighted by Gasteiger charge is 2.33. The van der Waals surface area contributed by atoms with E-state index in [0.717, 1.165) is 24.3 Å². The SMILES string of the molecule is CCC(Pc1ccc(C(F)(F)F)cc1C1=N[C@@H](C)CO1)c1ccc(C(F)(F)F)cc1. The molecule has 1 aliphatic rings. The summed E-state index contributed by atoms with van der Waals surface area (Å²) in [5.74, 6) is 0.179. The van der Waals surface area contributed by atoms with E-state index in [0.29, 0.717) is 23.9 Å². The minimum atomic E-state index is -4.50. The molecule has 2 aromatic rings. The Balaban J connectivity index is 1.95. The highest BCUT2D eigenvalue weighted by atomic mass is 31.1. The zero-order chi connectivity index (χ0) is 22.1. The fraction of sp³-hybridized carbons (Fsp3) is 0.381. The number of halogens is 6. The first kappa shape index (κ1) is 22.6. The molecule has 0 saturated carbocycles. The van der Waals surface area contributed by atoms with Crippen LogP contribution in [0.5, 0.6) is 0 Å². The van der Waals surface area contributed by atoms with Crippen LogP contribution < -0.4 is 5.30 Å². The molecule has 0 aliphatic carbocycles. The van der Waals surface area contributed by atoms with Crippen LogP contribution in [0.3, 0.4) is 0 Å². The van der Waals surface area contributed by atoms with Crippen molar-refractivity contribution in [3.05, 3.63) is 64.7 Å². The number of hydrogen-bond donors (Lipinski definition) is 0. The van der Waals surface area contributed by atoms with Crippen molar-refractivity contribution in [3.63, 3.8) is 0 Å². The van der Waals surface area contributed by atoms with E-state index in [1.807, 2.05) is 6.92 Å². The summed E-state index contributed by atoms with van der Waals surface area (Å²) in [6.45, 7) is 3.99. The number of alkyl halides is 6. The van der Waals surface area contributed by atoms with E-state index in [9.17, 15) is 26.3 Å². The van der Waals surface area contributed by atoms with E-state index in [2.05, 4.69) is 4.99 Å². The molecule has 162 valence electrons. The fourth-order valence-corrected chi connectivity index (χ4v) is 4.61. The van der Waals surface area contributed by atoms with Crippen LogP contribution >= 0.6 is 8.58 Å². The largest absolute Gasteiger partial charge is 0.475 e. The van der Waals surface area contributed by atoms with E-state index < -0.39 is 23.5 Å². The van der Waals surface area contributed by atoms with Crippen LogP contribution in [-0.2, 0) is 17.1 Å². The molecule has 3 atom stereocenters. The van der Waals surface area contributed by atoms with Gasteiger partial charge in [0.15, 0.2) is 0 Å². The Morgan fingerprint density at radius 3 is 2.10 bits per heavy atom. The van der Waals surface area contributed by atoms with Crippen molar-refractivity contribution >= 4 is 19.8 Å². The Morgan fingerprint density at radius 2 is 1.60 bits per heavy atom. The van der Waals surface area contributed by atoms with Crippen LogP contribution in [0.4, 0.5) is 26.3 Å². The molecule has 0 aromatic heterocycles. The molecular formula is C21H20F6NOP. The van der Waals surface area contributed by atoms with Gasteiger partial charge in [-0.05, 0) is 48.5 Å². The third kappa shape index (κ3) is 5.15. The highest BCUT2D eigenvalue weighted by Crippen LogP contribution is 2.40. The molecule has 1 heterocycles. The zero-order valence-corrected chi connectivity index (χ0v) is 17.2. The van der Waals surface area contributed by atoms with Crippen molar-refractivity contribution in [2.24, 2.45) is 4.99 Å². The van der Waals surface area contributed by atoms with Crippen molar-refractivity contribution in [2.75, 3.05) is 6.61 Å². The van der Waals surface area contributed by atoms with Crippen molar-refractivity contribution in [2.45, 2.75) is 44.3 Å². The predicted octanol–water partition coefficient (Wildman–Crippen LogP) is 6.34. The lowest BCUT2D eigenvalue weighted by Gasteiger charge is -2.20. The predicted molar refractivity (Wildman–Crippen MR) is 106 cm³/mol. The van der Waals surface area contributed by atoms with Gasteiger partial charge in [0.25, 0.3) is 0 Å². The molecule has 2 nitrogen and oxygen atoms in total. The number of rotatable bonds is 5. The van der Waals surface area contributed by atoms with Gasteiger partial charge < -0.3 is 4.74 Å². The third-order valence-corrected chi connectivity index (χ3v) is 6.59. The van der Waals surface area contributed by atoms with Gasteiger partial charge in [-0.1, -0.05) is 33.7 Å². The molecule has 9 heteroatoms. The van der Waals surface area contributed by atoms with Crippen molar-refractivity contribution < 1.29 is 31.1 Å². The lowest BCUT2D eigenvalue weighted by atomic mass is 10.1. The number of hydrogen-bond acceptors (Lipinski definition) is 2. The van der Waals surface area contributed by atoms with Gasteiger partial charge in [-0.2, -0.15) is 26.3 Å². The summed E-state index contributed by atoms with van der Waals surface area (Å²) in [5.41, 5.74) is -0.667. The Morgan fingerprint density at radius 1 is 1.00 bits per heavy atom. The van der Waals surface area contributed by atoms with Gasteiger partial charge in [-0.25, -0.2) is 4.99 Å². The smallest absolute Gasteiger partial charge is 0.416 e. The number of benzene rings is 2. The van der Waals surface area contributed by atoms with E-state index in [1.165, 1.54) is 18.2 Å². The van der Waals surface area contributed by atoms with Gasteiger partial charge in [0.1, 0.15) is 6.61 Å².